The number of carbonyl (C=O) groups excluding carboxylic acids is 12. The molecule has 2 N–H and O–H groups in total. The van der Waals surface area contributed by atoms with Gasteiger partial charge in [0.05, 0.1) is 37.7 Å². The van der Waals surface area contributed by atoms with E-state index in [0.29, 0.717) is 38.5 Å². The zero-order valence-corrected chi connectivity index (χ0v) is 65.6. The van der Waals surface area contributed by atoms with Crippen molar-refractivity contribution in [2.75, 3.05) is 110 Å². The Bertz CT molecular complexity index is 3130. The molecule has 0 aromatic heterocycles. The number of nitrogens with one attached hydrogen (secondary N) is 2. The number of ether oxygens (including phenoxy) is 3. The quantitative estimate of drug-likeness (QED) is 0.192. The summed E-state index contributed by atoms with van der Waals surface area (Å²) in [4.78, 5) is 196. The van der Waals surface area contributed by atoms with Crippen LogP contribution in [0.1, 0.15) is 182 Å². The molecule has 3 saturated heterocycles. The van der Waals surface area contributed by atoms with Crippen molar-refractivity contribution in [3.8, 4) is 0 Å². The average Bonchev–Trinajstić information content (AvgIpc) is 0.987. The van der Waals surface area contributed by atoms with Crippen molar-refractivity contribution in [2.45, 2.75) is 261 Å². The van der Waals surface area contributed by atoms with Crippen molar-refractivity contribution < 1.29 is 84.9 Å². The molecule has 4 heterocycles. The zero-order chi connectivity index (χ0) is 78.4. The van der Waals surface area contributed by atoms with Crippen LogP contribution < -0.4 is 10.6 Å². The minimum Gasteiger partial charge on any atom is -0.382 e. The SMILES string of the molecule is CCO[C@@H]1C[C@H]2C(=O)N(C)C3(CCC3)C(=O)N(C)[C@@H](C(CC)CC)C(=O)N(C)[C@H](C(=O)N(C)C)CC(=O)N(C)[C@@H](COC)C(=O)N[C@@H]([C@@H](C)CC)C(=O)N3CCC[C@H]3C(=O)N(C)[C@H]3C/C=C\CCN(C3=O)[C@@H](CC3CCCCC3)C(=O)N(C)CC(=O)N[C@@H](CCC3CCC(C(F)(F)F)C(OC)C3)C(=O)N2C1. The van der Waals surface area contributed by atoms with Crippen LogP contribution in [0.15, 0.2) is 12.2 Å². The molecule has 0 aromatic carbocycles. The summed E-state index contributed by atoms with van der Waals surface area (Å²) < 4.78 is 60.1. The number of nitrogens with zero attached hydrogens (tertiary/aromatic N) is 10. The van der Waals surface area contributed by atoms with Gasteiger partial charge in [-0.15, -0.1) is 0 Å². The van der Waals surface area contributed by atoms with Gasteiger partial charge in [-0.25, -0.2) is 0 Å². The smallest absolute Gasteiger partial charge is 0.382 e. The average molecular weight is 1500 g/mol. The van der Waals surface area contributed by atoms with E-state index < -0.39 is 180 Å². The Hall–Kier alpha value is -6.95. The number of fused-ring (bicyclic) bond motifs is 4. The first kappa shape index (κ1) is 86.3. The molecule has 106 heavy (non-hydrogen) atoms. The van der Waals surface area contributed by atoms with Crippen molar-refractivity contribution in [2.24, 2.45) is 29.6 Å². The highest BCUT2D eigenvalue weighted by Crippen LogP contribution is 2.44. The molecule has 4 aliphatic heterocycles. The Morgan fingerprint density at radius 3 is 1.92 bits per heavy atom. The van der Waals surface area contributed by atoms with Gasteiger partial charge in [-0.3, -0.25) is 57.5 Å². The zero-order valence-electron chi connectivity index (χ0n) is 65.6. The topological polar surface area (TPSA) is 289 Å². The number of alkyl halides is 3. The predicted octanol–water partition coefficient (Wildman–Crippen LogP) is 5.01. The third-order valence-corrected chi connectivity index (χ3v) is 24.5. The van der Waals surface area contributed by atoms with Gasteiger partial charge in [-0.2, -0.15) is 13.2 Å². The predicted molar refractivity (Wildman–Crippen MR) is 388 cm³/mol. The summed E-state index contributed by atoms with van der Waals surface area (Å²) in [5.74, 6) is -11.0. The number of likely N-dealkylation sites (N-methyl/N-ethyl adjacent to an activating group) is 7. The summed E-state index contributed by atoms with van der Waals surface area (Å²) in [6.45, 7) is 8.35. The molecule has 12 amide bonds. The van der Waals surface area contributed by atoms with Crippen LogP contribution >= 0.6 is 0 Å². The summed E-state index contributed by atoms with van der Waals surface area (Å²) in [6.07, 6.45) is 4.13. The fraction of sp³-hybridized carbons (Fsp3) is 0.816. The van der Waals surface area contributed by atoms with Crippen LogP contribution in [0.4, 0.5) is 13.2 Å². The Kier molecular flexibility index (Phi) is 31.3. The van der Waals surface area contributed by atoms with Gasteiger partial charge in [0.15, 0.2) is 0 Å². The van der Waals surface area contributed by atoms with E-state index in [1.807, 2.05) is 32.9 Å². The van der Waals surface area contributed by atoms with Gasteiger partial charge in [0.1, 0.15) is 59.9 Å². The number of hydrogen-bond acceptors (Lipinski definition) is 15. The van der Waals surface area contributed by atoms with Crippen molar-refractivity contribution >= 4 is 70.9 Å². The van der Waals surface area contributed by atoms with E-state index >= 15 is 38.4 Å². The largest absolute Gasteiger partial charge is 0.394 e. The number of amides is 12. The lowest BCUT2D eigenvalue weighted by molar-refractivity contribution is -0.215. The van der Waals surface area contributed by atoms with Crippen LogP contribution in [-0.2, 0) is 71.7 Å². The molecule has 7 rings (SSSR count). The maximum absolute atomic E-state index is 15.8. The number of rotatable bonds is 16. The fourth-order valence-corrected chi connectivity index (χ4v) is 17.4. The molecule has 6 fully saturated rings. The second-order valence-electron chi connectivity index (χ2n) is 31.2. The molecule has 598 valence electrons. The second-order valence-corrected chi connectivity index (χ2v) is 31.2. The summed E-state index contributed by atoms with van der Waals surface area (Å²) in [5.41, 5.74) is -1.57. The molecule has 1 spiro atoms. The van der Waals surface area contributed by atoms with E-state index in [0.717, 1.165) is 41.9 Å². The first-order valence-corrected chi connectivity index (χ1v) is 38.8. The monoisotopic (exact) mass is 1500 g/mol. The minimum atomic E-state index is -4.52. The highest BCUT2D eigenvalue weighted by atomic mass is 19.4. The van der Waals surface area contributed by atoms with E-state index in [1.165, 1.54) is 110 Å². The second kappa shape index (κ2) is 38.4. The van der Waals surface area contributed by atoms with E-state index in [9.17, 15) is 32.3 Å². The van der Waals surface area contributed by atoms with Crippen molar-refractivity contribution in [1.82, 2.24) is 59.6 Å². The Labute approximate surface area is 625 Å². The molecule has 3 aliphatic carbocycles. The van der Waals surface area contributed by atoms with Crippen molar-refractivity contribution in [3.63, 3.8) is 0 Å². The summed E-state index contributed by atoms with van der Waals surface area (Å²) in [7, 11) is 14.1. The van der Waals surface area contributed by atoms with E-state index in [4.69, 9.17) is 14.2 Å². The van der Waals surface area contributed by atoms with Gasteiger partial charge in [-0.1, -0.05) is 91.2 Å². The maximum atomic E-state index is 15.8. The number of methoxy groups -OCH3 is 2. The van der Waals surface area contributed by atoms with E-state index in [-0.39, 0.29) is 115 Å². The van der Waals surface area contributed by atoms with Crippen LogP contribution in [0.2, 0.25) is 0 Å². The standard InChI is InChI=1S/C76H123F3N12O15/c1-16-47(5)63-72(101)89-39-26-31-55(89)69(98)85(10)54-30-24-21-25-38-90(71(54)100)57(40-48-28-22-20-23-29-48)68(97)83(8)45-61(92)80-53(35-33-49-32-34-52(76(77,78)79)60(41-49)105-15)66(95)91-44-51(106-19-4)42-58(91)70(99)88(13)75(36-27-37-75)74(103)87(12)64(50(17-2)18-3)73(102)86(11)56(67(96)82(6)7)43-62(93)84(9)59(46-104-14)65(94)81-63/h21,24,47-60,63-64H,16-20,22-23,25-46H2,1-15H3,(H,80,92)(H,81,94)/b24-21-/t47-,49?,51+,52?,53-,54-,55-,56-,57-,58-,59-,60?,63-,64-/m0/s1. The third-order valence-electron chi connectivity index (χ3n) is 24.5. The molecule has 2 bridgehead atoms. The van der Waals surface area contributed by atoms with E-state index in [1.54, 1.807) is 13.8 Å². The van der Waals surface area contributed by atoms with Gasteiger partial charge in [0.2, 0.25) is 70.9 Å². The summed E-state index contributed by atoms with van der Waals surface area (Å²) in [5, 5.41) is 5.79. The van der Waals surface area contributed by atoms with Crippen molar-refractivity contribution in [3.05, 3.63) is 12.2 Å². The molecule has 0 aromatic rings. The summed E-state index contributed by atoms with van der Waals surface area (Å²) >= 11 is 0. The lowest BCUT2D eigenvalue weighted by Crippen LogP contribution is -2.68. The van der Waals surface area contributed by atoms with Crippen LogP contribution in [0.3, 0.4) is 0 Å². The molecule has 27 nitrogen and oxygen atoms in total. The normalized spacial score (nSPS) is 30.7. The van der Waals surface area contributed by atoms with Crippen molar-refractivity contribution in [1.29, 1.82) is 0 Å². The number of carbonyl (C=O) groups is 12. The molecule has 3 unspecified atom stereocenters. The van der Waals surface area contributed by atoms with Gasteiger partial charge in [-0.05, 0) is 114 Å². The highest BCUT2D eigenvalue weighted by molar-refractivity contribution is 6.01. The third kappa shape index (κ3) is 19.7. The molecule has 3 saturated carbocycles. The Morgan fingerprint density at radius 1 is 0.651 bits per heavy atom. The first-order valence-electron chi connectivity index (χ1n) is 38.8. The summed E-state index contributed by atoms with van der Waals surface area (Å²) in [6, 6.07) is -11.5. The van der Waals surface area contributed by atoms with Crippen LogP contribution in [0.25, 0.3) is 0 Å². The van der Waals surface area contributed by atoms with Crippen LogP contribution in [-0.4, -0.2) is 308 Å². The molecule has 0 radical (unpaired) electrons. The van der Waals surface area contributed by atoms with E-state index in [2.05, 4.69) is 10.6 Å². The maximum Gasteiger partial charge on any atom is 0.394 e. The molecule has 14 atom stereocenters. The van der Waals surface area contributed by atoms with Crippen LogP contribution in [0, 0.1) is 29.6 Å². The van der Waals surface area contributed by atoms with Crippen LogP contribution in [0.5, 0.6) is 0 Å². The molecular weight excluding hydrogens is 1380 g/mol. The molecular formula is C76H123F3N12O15. The van der Waals surface area contributed by atoms with Gasteiger partial charge in [0, 0.05) is 103 Å². The Morgan fingerprint density at radius 2 is 1.33 bits per heavy atom. The number of halogens is 3. The number of hydrogen-bond donors (Lipinski definition) is 2. The Balaban J connectivity index is 1.34. The van der Waals surface area contributed by atoms with Gasteiger partial charge >= 0.3 is 6.18 Å². The minimum absolute atomic E-state index is 0.00790. The highest BCUT2D eigenvalue weighted by Gasteiger charge is 2.57. The lowest BCUT2D eigenvalue weighted by atomic mass is 9.73. The molecule has 30 heteroatoms. The lowest BCUT2D eigenvalue weighted by Gasteiger charge is -2.51. The van der Waals surface area contributed by atoms with Gasteiger partial charge < -0.3 is 73.8 Å². The molecule has 7 aliphatic rings. The fourth-order valence-electron chi connectivity index (χ4n) is 17.4. The first-order chi connectivity index (χ1) is 50.2. The van der Waals surface area contributed by atoms with Gasteiger partial charge in [0.25, 0.3) is 0 Å².